The van der Waals surface area contributed by atoms with Crippen LogP contribution in [-0.2, 0) is 16.7 Å². The molecule has 96 valence electrons. The molecule has 1 aromatic heterocycles. The largest absolute Gasteiger partial charge is 0.350 e. The maximum absolute atomic E-state index is 10.8. The molecule has 5 heteroatoms. The number of nitrogens with zero attached hydrogens (tertiary/aromatic N) is 3. The molecule has 0 atom stereocenters. The van der Waals surface area contributed by atoms with Gasteiger partial charge in [0.1, 0.15) is 0 Å². The molecule has 0 bridgehead atoms. The van der Waals surface area contributed by atoms with Gasteiger partial charge in [-0.1, -0.05) is 5.16 Å². The van der Waals surface area contributed by atoms with Crippen LogP contribution in [0, 0.1) is 11.3 Å². The van der Waals surface area contributed by atoms with Gasteiger partial charge in [0, 0.05) is 36.6 Å². The molecule has 0 fully saturated rings. The van der Waals surface area contributed by atoms with Crippen LogP contribution in [-0.4, -0.2) is 16.2 Å². The van der Waals surface area contributed by atoms with Crippen molar-refractivity contribution in [1.82, 2.24) is 4.57 Å². The predicted octanol–water partition coefficient (Wildman–Crippen LogP) is 2.34. The molecule has 0 amide bonds. The zero-order valence-electron chi connectivity index (χ0n) is 11.0. The highest BCUT2D eigenvalue weighted by atomic mass is 16.7. The minimum absolute atomic E-state index is 0.461. The summed E-state index contributed by atoms with van der Waals surface area (Å²) in [6.07, 6.45) is 1.90. The van der Waals surface area contributed by atoms with Gasteiger partial charge in [0.05, 0.1) is 17.3 Å². The van der Waals surface area contributed by atoms with Crippen LogP contribution in [0.1, 0.15) is 25.0 Å². The molecule has 0 N–H and O–H groups in total. The van der Waals surface area contributed by atoms with E-state index in [1.807, 2.05) is 23.9 Å². The summed E-state index contributed by atoms with van der Waals surface area (Å²) >= 11 is 0. The monoisotopic (exact) mass is 255 g/mol. The minimum atomic E-state index is -0.461. The highest BCUT2D eigenvalue weighted by molar-refractivity contribution is 6.09. The summed E-state index contributed by atoms with van der Waals surface area (Å²) in [6.45, 7) is 3.06. The van der Waals surface area contributed by atoms with E-state index in [0.29, 0.717) is 11.3 Å². The van der Waals surface area contributed by atoms with Gasteiger partial charge in [-0.2, -0.15) is 5.26 Å². The van der Waals surface area contributed by atoms with Crippen molar-refractivity contribution in [1.29, 1.82) is 5.26 Å². The van der Waals surface area contributed by atoms with Gasteiger partial charge < -0.3 is 9.40 Å². The molecule has 0 radical (unpaired) electrons. The lowest BCUT2D eigenvalue weighted by molar-refractivity contribution is -0.140. The molecule has 0 aliphatic heterocycles. The van der Waals surface area contributed by atoms with Gasteiger partial charge in [0.15, 0.2) is 0 Å². The second kappa shape index (κ2) is 4.94. The molecule has 0 saturated carbocycles. The fraction of sp³-hybridized carbons (Fsp3) is 0.214. The molecule has 0 spiro atoms. The number of hydrogen-bond acceptors (Lipinski definition) is 4. The van der Waals surface area contributed by atoms with Gasteiger partial charge in [-0.15, -0.1) is 0 Å². The predicted molar refractivity (Wildman–Crippen MR) is 71.6 cm³/mol. The van der Waals surface area contributed by atoms with E-state index < -0.39 is 5.97 Å². The molecule has 0 saturated heterocycles. The van der Waals surface area contributed by atoms with Gasteiger partial charge in [-0.25, -0.2) is 4.79 Å². The molecule has 0 aliphatic carbocycles. The van der Waals surface area contributed by atoms with Crippen molar-refractivity contribution < 1.29 is 9.63 Å². The van der Waals surface area contributed by atoms with Crippen LogP contribution in [0.5, 0.6) is 0 Å². The Morgan fingerprint density at radius 1 is 1.42 bits per heavy atom. The molecule has 19 heavy (non-hydrogen) atoms. The first-order valence-electron chi connectivity index (χ1n) is 5.74. The number of rotatable bonds is 2. The first-order valence-corrected chi connectivity index (χ1v) is 5.74. The average molecular weight is 255 g/mol. The lowest BCUT2D eigenvalue weighted by atomic mass is 10.1. The van der Waals surface area contributed by atoms with Crippen molar-refractivity contribution in [3.63, 3.8) is 0 Å². The summed E-state index contributed by atoms with van der Waals surface area (Å²) in [5.74, 6) is -0.461. The third-order valence-corrected chi connectivity index (χ3v) is 2.82. The van der Waals surface area contributed by atoms with E-state index in [4.69, 9.17) is 5.26 Å². The topological polar surface area (TPSA) is 67.4 Å². The lowest BCUT2D eigenvalue weighted by Gasteiger charge is -1.98. The van der Waals surface area contributed by atoms with Crippen LogP contribution in [0.25, 0.3) is 10.9 Å². The standard InChI is InChI=1S/C14H13N3O2/c1-9(16-19-10(2)18)13-8-17(3)14-5-4-11(7-15)6-12(13)14/h4-6,8H,1-3H3/b16-9+. The fourth-order valence-corrected chi connectivity index (χ4v) is 1.93. The maximum Gasteiger partial charge on any atom is 0.331 e. The molecular weight excluding hydrogens is 242 g/mol. The number of carbonyl (C=O) groups excluding carboxylic acids is 1. The van der Waals surface area contributed by atoms with E-state index >= 15 is 0 Å². The molecule has 1 aromatic carbocycles. The normalized spacial score (nSPS) is 11.4. The fourth-order valence-electron chi connectivity index (χ4n) is 1.93. The summed E-state index contributed by atoms with van der Waals surface area (Å²) in [5, 5.41) is 13.6. The quantitative estimate of drug-likeness (QED) is 0.470. The third-order valence-electron chi connectivity index (χ3n) is 2.82. The van der Waals surface area contributed by atoms with Gasteiger partial charge in [-0.3, -0.25) is 0 Å². The Kier molecular flexibility index (Phi) is 3.34. The van der Waals surface area contributed by atoms with E-state index in [1.165, 1.54) is 6.92 Å². The number of aromatic nitrogens is 1. The van der Waals surface area contributed by atoms with Crippen molar-refractivity contribution in [2.45, 2.75) is 13.8 Å². The van der Waals surface area contributed by atoms with Crippen molar-refractivity contribution in [3.8, 4) is 6.07 Å². The van der Waals surface area contributed by atoms with Crippen molar-refractivity contribution in [2.75, 3.05) is 0 Å². The second-order valence-electron chi connectivity index (χ2n) is 4.26. The first-order chi connectivity index (χ1) is 9.02. The lowest BCUT2D eigenvalue weighted by Crippen LogP contribution is -1.98. The minimum Gasteiger partial charge on any atom is -0.350 e. The highest BCUT2D eigenvalue weighted by Crippen LogP contribution is 2.22. The Hall–Kier alpha value is -2.61. The van der Waals surface area contributed by atoms with E-state index in [-0.39, 0.29) is 0 Å². The first kappa shape index (κ1) is 12.8. The number of aryl methyl sites for hydroxylation is 1. The summed E-state index contributed by atoms with van der Waals surface area (Å²) in [6, 6.07) is 7.57. The van der Waals surface area contributed by atoms with Crippen LogP contribution in [0.2, 0.25) is 0 Å². The van der Waals surface area contributed by atoms with E-state index in [1.54, 1.807) is 19.1 Å². The number of carbonyl (C=O) groups is 1. The summed E-state index contributed by atoms with van der Waals surface area (Å²) in [5.41, 5.74) is 3.01. The van der Waals surface area contributed by atoms with Crippen LogP contribution in [0.4, 0.5) is 0 Å². The Labute approximate surface area is 110 Å². The van der Waals surface area contributed by atoms with Gasteiger partial charge in [0.2, 0.25) is 0 Å². The summed E-state index contributed by atoms with van der Waals surface area (Å²) in [7, 11) is 1.91. The van der Waals surface area contributed by atoms with Crippen LogP contribution in [0.3, 0.4) is 0 Å². The molecule has 0 aliphatic rings. The van der Waals surface area contributed by atoms with Crippen molar-refractivity contribution in [3.05, 3.63) is 35.5 Å². The number of nitriles is 1. The average Bonchev–Trinajstić information content (AvgIpc) is 2.73. The number of fused-ring (bicyclic) bond motifs is 1. The van der Waals surface area contributed by atoms with Gasteiger partial charge in [-0.05, 0) is 25.1 Å². The Balaban J connectivity index is 2.57. The van der Waals surface area contributed by atoms with Crippen LogP contribution in [0.15, 0.2) is 29.6 Å². The molecule has 1 heterocycles. The molecule has 5 nitrogen and oxygen atoms in total. The smallest absolute Gasteiger partial charge is 0.331 e. The van der Waals surface area contributed by atoms with Crippen LogP contribution >= 0.6 is 0 Å². The number of benzene rings is 1. The van der Waals surface area contributed by atoms with E-state index in [2.05, 4.69) is 16.1 Å². The Bertz CT molecular complexity index is 720. The zero-order valence-corrected chi connectivity index (χ0v) is 11.0. The van der Waals surface area contributed by atoms with Crippen molar-refractivity contribution >= 4 is 22.6 Å². The van der Waals surface area contributed by atoms with Gasteiger partial charge in [0.25, 0.3) is 0 Å². The zero-order chi connectivity index (χ0) is 14.0. The van der Waals surface area contributed by atoms with E-state index in [0.717, 1.165) is 16.5 Å². The summed E-state index contributed by atoms with van der Waals surface area (Å²) in [4.78, 5) is 15.4. The highest BCUT2D eigenvalue weighted by Gasteiger charge is 2.10. The van der Waals surface area contributed by atoms with E-state index in [9.17, 15) is 4.79 Å². The second-order valence-corrected chi connectivity index (χ2v) is 4.26. The number of oxime groups is 1. The molecular formula is C14H13N3O2. The maximum atomic E-state index is 10.8. The SMILES string of the molecule is CC(=O)O/N=C(\C)c1cn(C)c2ccc(C#N)cc12. The molecule has 0 unspecified atom stereocenters. The Morgan fingerprint density at radius 3 is 2.79 bits per heavy atom. The van der Waals surface area contributed by atoms with Gasteiger partial charge >= 0.3 is 5.97 Å². The third kappa shape index (κ3) is 2.47. The van der Waals surface area contributed by atoms with Crippen molar-refractivity contribution in [2.24, 2.45) is 12.2 Å². The van der Waals surface area contributed by atoms with Crippen LogP contribution < -0.4 is 0 Å². The molecule has 2 rings (SSSR count). The molecule has 2 aromatic rings. The Morgan fingerprint density at radius 2 is 2.16 bits per heavy atom. The summed E-state index contributed by atoms with van der Waals surface area (Å²) < 4.78 is 1.94. The number of hydrogen-bond donors (Lipinski definition) is 0.